The van der Waals surface area contributed by atoms with Crippen LogP contribution in [-0.4, -0.2) is 5.71 Å². The Balaban J connectivity index is 1.82. The molecule has 3 aromatic rings. The van der Waals surface area contributed by atoms with Crippen LogP contribution in [0.3, 0.4) is 0 Å². The van der Waals surface area contributed by atoms with Gasteiger partial charge in [0.25, 0.3) is 0 Å². The maximum Gasteiger partial charge on any atom is 0.132 e. The summed E-state index contributed by atoms with van der Waals surface area (Å²) in [5, 5.41) is 0. The zero-order valence-corrected chi connectivity index (χ0v) is 14.6. The minimum atomic E-state index is -0.314. The van der Waals surface area contributed by atoms with Crippen LogP contribution in [-0.2, 0) is 11.3 Å². The number of allylic oxidation sites excluding steroid dienone is 1. The lowest BCUT2D eigenvalue weighted by Gasteiger charge is -2.05. The highest BCUT2D eigenvalue weighted by Crippen LogP contribution is 2.17. The molecule has 0 unspecified atom stereocenters. The standard InChI is InChI=1S/C23H20FNO/c1-18-11-13-20(14-12-18)25-23(21-9-5-6-10-22(21)24)15-16-26-17-19-7-3-2-4-8-19/h2-16H,17H2,1H3. The fourth-order valence-corrected chi connectivity index (χ4v) is 2.45. The normalized spacial score (nSPS) is 11.7. The molecule has 0 aliphatic rings. The second-order valence-corrected chi connectivity index (χ2v) is 5.91. The monoisotopic (exact) mass is 345 g/mol. The third kappa shape index (κ3) is 4.90. The van der Waals surface area contributed by atoms with Crippen molar-refractivity contribution in [2.75, 3.05) is 0 Å². The molecule has 0 saturated heterocycles. The molecule has 0 aromatic heterocycles. The van der Waals surface area contributed by atoms with Crippen molar-refractivity contribution in [1.82, 2.24) is 0 Å². The maximum absolute atomic E-state index is 14.2. The molecule has 0 aliphatic heterocycles. The van der Waals surface area contributed by atoms with Crippen LogP contribution < -0.4 is 0 Å². The van der Waals surface area contributed by atoms with Crippen LogP contribution in [0.15, 0.2) is 96.2 Å². The van der Waals surface area contributed by atoms with Gasteiger partial charge in [0.2, 0.25) is 0 Å². The van der Waals surface area contributed by atoms with E-state index in [9.17, 15) is 4.39 Å². The minimum Gasteiger partial charge on any atom is -0.496 e. The summed E-state index contributed by atoms with van der Waals surface area (Å²) in [6.07, 6.45) is 3.26. The zero-order valence-electron chi connectivity index (χ0n) is 14.6. The molecule has 130 valence electrons. The van der Waals surface area contributed by atoms with E-state index in [0.29, 0.717) is 17.9 Å². The van der Waals surface area contributed by atoms with Gasteiger partial charge in [0.15, 0.2) is 0 Å². The first-order valence-electron chi connectivity index (χ1n) is 8.45. The summed E-state index contributed by atoms with van der Waals surface area (Å²) in [4.78, 5) is 4.59. The van der Waals surface area contributed by atoms with E-state index >= 15 is 0 Å². The zero-order chi connectivity index (χ0) is 18.2. The molecule has 26 heavy (non-hydrogen) atoms. The maximum atomic E-state index is 14.2. The number of nitrogens with zero attached hydrogens (tertiary/aromatic N) is 1. The van der Waals surface area contributed by atoms with Gasteiger partial charge in [0.05, 0.1) is 17.7 Å². The summed E-state index contributed by atoms with van der Waals surface area (Å²) in [5.41, 5.74) is 3.94. The van der Waals surface area contributed by atoms with Crippen LogP contribution in [0.4, 0.5) is 10.1 Å². The Morgan fingerprint density at radius 1 is 0.923 bits per heavy atom. The van der Waals surface area contributed by atoms with E-state index < -0.39 is 0 Å². The van der Waals surface area contributed by atoms with E-state index in [0.717, 1.165) is 16.8 Å². The number of rotatable bonds is 6. The number of halogens is 1. The number of aliphatic imine (C=N–C) groups is 1. The summed E-state index contributed by atoms with van der Waals surface area (Å²) in [6.45, 7) is 2.47. The van der Waals surface area contributed by atoms with Crippen molar-refractivity contribution in [3.63, 3.8) is 0 Å². The highest BCUT2D eigenvalue weighted by molar-refractivity contribution is 6.09. The molecule has 0 spiro atoms. The highest BCUT2D eigenvalue weighted by atomic mass is 19.1. The summed E-state index contributed by atoms with van der Waals surface area (Å²) in [6, 6.07) is 24.3. The number of benzene rings is 3. The molecule has 0 radical (unpaired) electrons. The summed E-state index contributed by atoms with van der Waals surface area (Å²) in [7, 11) is 0. The highest BCUT2D eigenvalue weighted by Gasteiger charge is 2.07. The summed E-state index contributed by atoms with van der Waals surface area (Å²) in [5.74, 6) is -0.314. The fourth-order valence-electron chi connectivity index (χ4n) is 2.45. The Kier molecular flexibility index (Phi) is 5.94. The Bertz CT molecular complexity index is 899. The van der Waals surface area contributed by atoms with E-state index in [1.54, 1.807) is 30.5 Å². The van der Waals surface area contributed by atoms with E-state index in [1.165, 1.54) is 6.07 Å². The number of aryl methyl sites for hydroxylation is 1. The Morgan fingerprint density at radius 2 is 1.62 bits per heavy atom. The quantitative estimate of drug-likeness (QED) is 0.397. The van der Waals surface area contributed by atoms with E-state index in [4.69, 9.17) is 4.74 Å². The largest absolute Gasteiger partial charge is 0.496 e. The van der Waals surface area contributed by atoms with Crippen LogP contribution in [0.1, 0.15) is 16.7 Å². The molecule has 3 heteroatoms. The molecular formula is C23H20FNO. The lowest BCUT2D eigenvalue weighted by atomic mass is 10.1. The molecule has 0 bridgehead atoms. The van der Waals surface area contributed by atoms with Gasteiger partial charge < -0.3 is 4.74 Å². The van der Waals surface area contributed by atoms with Crippen molar-refractivity contribution in [1.29, 1.82) is 0 Å². The molecule has 0 heterocycles. The molecule has 0 N–H and O–H groups in total. The predicted molar refractivity (Wildman–Crippen MR) is 104 cm³/mol. The van der Waals surface area contributed by atoms with Gasteiger partial charge in [0, 0.05) is 5.56 Å². The molecular weight excluding hydrogens is 325 g/mol. The number of hydrogen-bond donors (Lipinski definition) is 0. The molecule has 0 fully saturated rings. The second-order valence-electron chi connectivity index (χ2n) is 5.91. The van der Waals surface area contributed by atoms with Gasteiger partial charge in [-0.1, -0.05) is 60.2 Å². The van der Waals surface area contributed by atoms with Crippen LogP contribution in [0.25, 0.3) is 0 Å². The van der Waals surface area contributed by atoms with Crippen LogP contribution in [0, 0.1) is 12.7 Å². The van der Waals surface area contributed by atoms with Crippen LogP contribution in [0.2, 0.25) is 0 Å². The second kappa shape index (κ2) is 8.77. The van der Waals surface area contributed by atoms with Gasteiger partial charge in [-0.15, -0.1) is 0 Å². The molecule has 3 rings (SSSR count). The van der Waals surface area contributed by atoms with Crippen LogP contribution >= 0.6 is 0 Å². The Morgan fingerprint density at radius 3 is 2.35 bits per heavy atom. The molecule has 3 aromatic carbocycles. The summed E-state index contributed by atoms with van der Waals surface area (Å²) < 4.78 is 19.8. The van der Waals surface area contributed by atoms with E-state index in [2.05, 4.69) is 4.99 Å². The molecule has 0 aliphatic carbocycles. The molecule has 0 amide bonds. The van der Waals surface area contributed by atoms with Gasteiger partial charge in [-0.3, -0.25) is 0 Å². The van der Waals surface area contributed by atoms with Crippen molar-refractivity contribution in [3.05, 3.63) is 114 Å². The first-order chi connectivity index (χ1) is 12.7. The predicted octanol–water partition coefficient (Wildman–Crippen LogP) is 5.99. The van der Waals surface area contributed by atoms with Crippen molar-refractivity contribution in [2.45, 2.75) is 13.5 Å². The van der Waals surface area contributed by atoms with Crippen molar-refractivity contribution in [2.24, 2.45) is 4.99 Å². The third-order valence-corrected chi connectivity index (χ3v) is 3.85. The lowest BCUT2D eigenvalue weighted by molar-refractivity contribution is 0.237. The first kappa shape index (κ1) is 17.6. The molecule has 2 nitrogen and oxygen atoms in total. The fraction of sp³-hybridized carbons (Fsp3) is 0.0870. The first-order valence-corrected chi connectivity index (χ1v) is 8.45. The van der Waals surface area contributed by atoms with E-state index in [-0.39, 0.29) is 5.82 Å². The average molecular weight is 345 g/mol. The average Bonchev–Trinajstić information content (AvgIpc) is 2.67. The van der Waals surface area contributed by atoms with Crippen molar-refractivity contribution >= 4 is 11.4 Å². The van der Waals surface area contributed by atoms with Crippen molar-refractivity contribution < 1.29 is 9.13 Å². The number of hydrogen-bond acceptors (Lipinski definition) is 2. The van der Waals surface area contributed by atoms with Crippen LogP contribution in [0.5, 0.6) is 0 Å². The topological polar surface area (TPSA) is 21.6 Å². The van der Waals surface area contributed by atoms with Gasteiger partial charge in [-0.05, 0) is 42.8 Å². The Hall–Kier alpha value is -3.20. The SMILES string of the molecule is Cc1ccc(N=C(C=COCc2ccccc2)c2ccccc2F)cc1. The molecule has 0 saturated carbocycles. The van der Waals surface area contributed by atoms with Crippen molar-refractivity contribution in [3.8, 4) is 0 Å². The minimum absolute atomic E-state index is 0.314. The third-order valence-electron chi connectivity index (χ3n) is 3.85. The number of ether oxygens (including phenoxy) is 1. The van der Waals surface area contributed by atoms with Gasteiger partial charge in [-0.25, -0.2) is 9.38 Å². The smallest absolute Gasteiger partial charge is 0.132 e. The lowest BCUT2D eigenvalue weighted by Crippen LogP contribution is -2.00. The van der Waals surface area contributed by atoms with Gasteiger partial charge >= 0.3 is 0 Å². The van der Waals surface area contributed by atoms with Gasteiger partial charge in [0.1, 0.15) is 12.4 Å². The van der Waals surface area contributed by atoms with Gasteiger partial charge in [-0.2, -0.15) is 0 Å². The Labute approximate surface area is 153 Å². The molecule has 0 atom stereocenters. The summed E-state index contributed by atoms with van der Waals surface area (Å²) >= 11 is 0. The van der Waals surface area contributed by atoms with E-state index in [1.807, 2.05) is 61.5 Å².